The lowest BCUT2D eigenvalue weighted by Gasteiger charge is -2.29. The zero-order valence-corrected chi connectivity index (χ0v) is 21.2. The van der Waals surface area contributed by atoms with Crippen LogP contribution in [0, 0.1) is 34.7 Å². The van der Waals surface area contributed by atoms with Crippen LogP contribution in [0.3, 0.4) is 0 Å². The fourth-order valence-corrected chi connectivity index (χ4v) is 5.11. The van der Waals surface area contributed by atoms with Gasteiger partial charge in [0.1, 0.15) is 17.9 Å². The predicted octanol–water partition coefficient (Wildman–Crippen LogP) is 2.40. The Morgan fingerprint density at radius 1 is 1.08 bits per heavy atom. The van der Waals surface area contributed by atoms with Crippen LogP contribution in [-0.2, 0) is 20.8 Å². The molecule has 0 saturated carbocycles. The van der Waals surface area contributed by atoms with E-state index in [1.807, 2.05) is 13.8 Å². The standard InChI is InChI=1S/C26H34F3N5O3/c1-15(2)9-22(31)26(37)34-8-4-6-23(34)25(36)32-17(10-16-11-20(28)21(29)13-19(16)27)12-24(35)33-7-3-5-18(33)14-30/h11,13,15,17-18,22-23H,3-10,12,31H2,1-2H3,(H,32,36). The number of halogens is 3. The molecule has 11 heteroatoms. The molecule has 0 radical (unpaired) electrons. The largest absolute Gasteiger partial charge is 0.351 e. The zero-order chi connectivity index (χ0) is 27.3. The van der Waals surface area contributed by atoms with E-state index in [1.165, 1.54) is 9.80 Å². The van der Waals surface area contributed by atoms with Gasteiger partial charge in [-0.05, 0) is 56.1 Å². The Labute approximate surface area is 215 Å². The summed E-state index contributed by atoms with van der Waals surface area (Å²) in [7, 11) is 0. The molecule has 4 unspecified atom stereocenters. The summed E-state index contributed by atoms with van der Waals surface area (Å²) in [4.78, 5) is 42.0. The fraction of sp³-hybridized carbons (Fsp3) is 0.615. The molecule has 4 atom stereocenters. The number of rotatable bonds is 9. The lowest BCUT2D eigenvalue weighted by atomic mass is 10.0. The van der Waals surface area contributed by atoms with E-state index in [0.29, 0.717) is 57.3 Å². The normalized spacial score (nSPS) is 21.1. The van der Waals surface area contributed by atoms with Crippen LogP contribution in [0.25, 0.3) is 0 Å². The average Bonchev–Trinajstić information content (AvgIpc) is 3.51. The van der Waals surface area contributed by atoms with Crippen molar-refractivity contribution in [2.45, 2.75) is 83.0 Å². The molecular formula is C26H34F3N5O3. The maximum atomic E-state index is 14.4. The Kier molecular flexibility index (Phi) is 9.54. The van der Waals surface area contributed by atoms with Crippen LogP contribution in [0.5, 0.6) is 0 Å². The first kappa shape index (κ1) is 28.4. The molecule has 1 aromatic carbocycles. The Bertz CT molecular complexity index is 1060. The molecular weight excluding hydrogens is 487 g/mol. The smallest absolute Gasteiger partial charge is 0.243 e. The number of hydrogen-bond acceptors (Lipinski definition) is 5. The van der Waals surface area contributed by atoms with Crippen LogP contribution < -0.4 is 11.1 Å². The van der Waals surface area contributed by atoms with Crippen molar-refractivity contribution in [3.8, 4) is 6.07 Å². The maximum absolute atomic E-state index is 14.4. The fourth-order valence-electron chi connectivity index (χ4n) is 5.11. The predicted molar refractivity (Wildman–Crippen MR) is 129 cm³/mol. The number of nitriles is 1. The van der Waals surface area contributed by atoms with E-state index in [4.69, 9.17) is 5.73 Å². The summed E-state index contributed by atoms with van der Waals surface area (Å²) in [6, 6.07) is 0.0892. The Morgan fingerprint density at radius 2 is 1.73 bits per heavy atom. The van der Waals surface area contributed by atoms with Gasteiger partial charge in [0, 0.05) is 31.6 Å². The van der Waals surface area contributed by atoms with Crippen LogP contribution in [0.2, 0.25) is 0 Å². The SMILES string of the molecule is CC(C)CC(N)C(=O)N1CCCC1C(=O)NC(CC(=O)N1CCCC1C#N)Cc1cc(F)c(F)cc1F. The highest BCUT2D eigenvalue weighted by Gasteiger charge is 2.38. The second-order valence-corrected chi connectivity index (χ2v) is 10.3. The summed E-state index contributed by atoms with van der Waals surface area (Å²) in [5.41, 5.74) is 5.86. The van der Waals surface area contributed by atoms with Crippen LogP contribution in [0.15, 0.2) is 12.1 Å². The lowest BCUT2D eigenvalue weighted by Crippen LogP contribution is -2.53. The summed E-state index contributed by atoms with van der Waals surface area (Å²) >= 11 is 0. The van der Waals surface area contributed by atoms with E-state index in [9.17, 15) is 32.8 Å². The number of hydrogen-bond donors (Lipinski definition) is 2. The quantitative estimate of drug-likeness (QED) is 0.484. The number of carbonyl (C=O) groups is 3. The van der Waals surface area contributed by atoms with Gasteiger partial charge in [-0.3, -0.25) is 14.4 Å². The van der Waals surface area contributed by atoms with E-state index in [2.05, 4.69) is 11.4 Å². The van der Waals surface area contributed by atoms with Gasteiger partial charge < -0.3 is 20.9 Å². The molecule has 3 N–H and O–H groups in total. The zero-order valence-electron chi connectivity index (χ0n) is 21.2. The Balaban J connectivity index is 1.79. The van der Waals surface area contributed by atoms with Crippen LogP contribution in [0.4, 0.5) is 13.2 Å². The van der Waals surface area contributed by atoms with Gasteiger partial charge >= 0.3 is 0 Å². The van der Waals surface area contributed by atoms with Crippen molar-refractivity contribution in [2.75, 3.05) is 13.1 Å². The molecule has 0 aromatic heterocycles. The van der Waals surface area contributed by atoms with E-state index in [1.54, 1.807) is 0 Å². The molecule has 2 heterocycles. The van der Waals surface area contributed by atoms with Crippen LogP contribution in [-0.4, -0.2) is 64.8 Å². The molecule has 2 fully saturated rings. The summed E-state index contributed by atoms with van der Waals surface area (Å²) in [6.45, 7) is 4.63. The van der Waals surface area contributed by atoms with Crippen molar-refractivity contribution < 1.29 is 27.6 Å². The monoisotopic (exact) mass is 521 g/mol. The Hall–Kier alpha value is -3.13. The highest BCUT2D eigenvalue weighted by molar-refractivity contribution is 5.90. The molecule has 2 aliphatic rings. The second-order valence-electron chi connectivity index (χ2n) is 10.3. The molecule has 1 aromatic rings. The lowest BCUT2D eigenvalue weighted by molar-refractivity contribution is -0.140. The van der Waals surface area contributed by atoms with Crippen molar-refractivity contribution in [3.63, 3.8) is 0 Å². The molecule has 2 saturated heterocycles. The van der Waals surface area contributed by atoms with Gasteiger partial charge in [0.2, 0.25) is 17.7 Å². The molecule has 0 spiro atoms. The van der Waals surface area contributed by atoms with Gasteiger partial charge in [0.15, 0.2) is 11.6 Å². The molecule has 37 heavy (non-hydrogen) atoms. The van der Waals surface area contributed by atoms with E-state index >= 15 is 0 Å². The van der Waals surface area contributed by atoms with Crippen molar-refractivity contribution in [3.05, 3.63) is 35.1 Å². The second kappa shape index (κ2) is 12.4. The first-order chi connectivity index (χ1) is 17.5. The highest BCUT2D eigenvalue weighted by atomic mass is 19.2. The molecule has 0 bridgehead atoms. The van der Waals surface area contributed by atoms with Gasteiger partial charge in [-0.25, -0.2) is 13.2 Å². The van der Waals surface area contributed by atoms with Gasteiger partial charge in [0.05, 0.1) is 12.1 Å². The molecule has 8 nitrogen and oxygen atoms in total. The number of likely N-dealkylation sites (tertiary alicyclic amines) is 2. The van der Waals surface area contributed by atoms with Gasteiger partial charge in [0.25, 0.3) is 0 Å². The molecule has 3 amide bonds. The van der Waals surface area contributed by atoms with E-state index in [-0.39, 0.29) is 30.2 Å². The van der Waals surface area contributed by atoms with Crippen molar-refractivity contribution in [1.82, 2.24) is 15.1 Å². The molecule has 0 aliphatic carbocycles. The number of carbonyl (C=O) groups excluding carboxylic acids is 3. The number of nitrogens with one attached hydrogen (secondary N) is 1. The minimum Gasteiger partial charge on any atom is -0.351 e. The number of nitrogens with zero attached hydrogens (tertiary/aromatic N) is 3. The third-order valence-electron chi connectivity index (χ3n) is 6.93. The topological polar surface area (TPSA) is 120 Å². The highest BCUT2D eigenvalue weighted by Crippen LogP contribution is 2.23. The summed E-state index contributed by atoms with van der Waals surface area (Å²) in [6.07, 6.45) is 2.11. The van der Waals surface area contributed by atoms with Gasteiger partial charge in [-0.1, -0.05) is 13.8 Å². The average molecular weight is 522 g/mol. The summed E-state index contributed by atoms with van der Waals surface area (Å²) in [5, 5.41) is 12.1. The van der Waals surface area contributed by atoms with Crippen molar-refractivity contribution in [2.24, 2.45) is 11.7 Å². The van der Waals surface area contributed by atoms with Crippen molar-refractivity contribution >= 4 is 17.7 Å². The number of benzene rings is 1. The first-order valence-corrected chi connectivity index (χ1v) is 12.7. The maximum Gasteiger partial charge on any atom is 0.243 e. The van der Waals surface area contributed by atoms with E-state index < -0.39 is 53.4 Å². The van der Waals surface area contributed by atoms with Crippen LogP contribution >= 0.6 is 0 Å². The third-order valence-corrected chi connectivity index (χ3v) is 6.93. The number of nitrogens with two attached hydrogens (primary N) is 1. The minimum absolute atomic E-state index is 0.193. The number of amides is 3. The molecule has 3 rings (SSSR count). The molecule has 202 valence electrons. The minimum atomic E-state index is -1.34. The first-order valence-electron chi connectivity index (χ1n) is 12.7. The summed E-state index contributed by atoms with van der Waals surface area (Å²) < 4.78 is 41.7. The van der Waals surface area contributed by atoms with Gasteiger partial charge in [-0.15, -0.1) is 0 Å². The van der Waals surface area contributed by atoms with Crippen molar-refractivity contribution in [1.29, 1.82) is 5.26 Å². The molecule has 2 aliphatic heterocycles. The van der Waals surface area contributed by atoms with E-state index in [0.717, 1.165) is 0 Å². The third kappa shape index (κ3) is 7.01. The van der Waals surface area contributed by atoms with Crippen LogP contribution in [0.1, 0.15) is 57.9 Å². The Morgan fingerprint density at radius 3 is 2.41 bits per heavy atom. The van der Waals surface area contributed by atoms with Gasteiger partial charge in [-0.2, -0.15) is 5.26 Å². The summed E-state index contributed by atoms with van der Waals surface area (Å²) in [5.74, 6) is -4.66.